The van der Waals surface area contributed by atoms with Gasteiger partial charge in [0.15, 0.2) is 0 Å². The van der Waals surface area contributed by atoms with Crippen LogP contribution in [0.4, 0.5) is 0 Å². The number of hydrogen-bond acceptors (Lipinski definition) is 0. The third kappa shape index (κ3) is 13.8. The Labute approximate surface area is 449 Å². The number of rotatable bonds is 9. The zero-order valence-electron chi connectivity index (χ0n) is 44.3. The van der Waals surface area contributed by atoms with Gasteiger partial charge in [-0.05, 0) is 132 Å². The van der Waals surface area contributed by atoms with E-state index in [2.05, 4.69) is 286 Å². The predicted molar refractivity (Wildman–Crippen MR) is 325 cm³/mol. The molecule has 6 aromatic rings. The molecule has 0 heteroatoms. The average molecular weight is 969 g/mol. The van der Waals surface area contributed by atoms with Crippen LogP contribution in [0, 0.1) is 77.1 Å². The molecule has 0 N–H and O–H groups in total. The van der Waals surface area contributed by atoms with Crippen molar-refractivity contribution in [2.24, 2.45) is 0 Å². The topological polar surface area (TPSA) is 0 Å². The maximum Gasteiger partial charge on any atom is 0.0431 e. The summed E-state index contributed by atoms with van der Waals surface area (Å²) < 4.78 is 0. The van der Waals surface area contributed by atoms with Crippen molar-refractivity contribution in [3.05, 3.63) is 324 Å². The summed E-state index contributed by atoms with van der Waals surface area (Å²) in [5.74, 6) is 23.0. The molecule has 2 aliphatic rings. The minimum atomic E-state index is 0. The molecule has 0 amide bonds. The monoisotopic (exact) mass is 969 g/mol. The van der Waals surface area contributed by atoms with E-state index in [1.54, 1.807) is 0 Å². The fraction of sp³-hybridized carbons (Fsp3) is 0.147. The van der Waals surface area contributed by atoms with Gasteiger partial charge < -0.3 is 0 Å². The van der Waals surface area contributed by atoms with Crippen LogP contribution in [0.15, 0.2) is 258 Å². The molecule has 0 spiro atoms. The van der Waals surface area contributed by atoms with Crippen LogP contribution in [0.1, 0.15) is 101 Å². The molecule has 0 atom stereocenters. The van der Waals surface area contributed by atoms with Crippen molar-refractivity contribution in [3.63, 3.8) is 0 Å². The number of benzene rings is 6. The molecule has 0 aromatic heterocycles. The quantitative estimate of drug-likeness (QED) is 0.100. The van der Waals surface area contributed by atoms with E-state index < -0.39 is 0 Å². The molecule has 0 radical (unpaired) electrons. The van der Waals surface area contributed by atoms with E-state index in [1.807, 2.05) is 6.08 Å². The highest BCUT2D eigenvalue weighted by molar-refractivity contribution is 6.10. The minimum absolute atomic E-state index is 0. The molecule has 0 unspecified atom stereocenters. The third-order valence-corrected chi connectivity index (χ3v) is 13.3. The molecule has 0 nitrogen and oxygen atoms in total. The van der Waals surface area contributed by atoms with Gasteiger partial charge in [0.05, 0.1) is 0 Å². The van der Waals surface area contributed by atoms with E-state index in [1.165, 1.54) is 22.3 Å². The van der Waals surface area contributed by atoms with Gasteiger partial charge in [-0.2, -0.15) is 0 Å². The summed E-state index contributed by atoms with van der Waals surface area (Å²) >= 11 is 0. The average Bonchev–Trinajstić information content (AvgIpc) is 3.63. The Morgan fingerprint density at radius 2 is 0.827 bits per heavy atom. The first kappa shape index (κ1) is 53.9. The molecule has 0 saturated heterocycles. The van der Waals surface area contributed by atoms with Crippen LogP contribution in [0.2, 0.25) is 0 Å². The third-order valence-electron chi connectivity index (χ3n) is 13.3. The van der Waals surface area contributed by atoms with Crippen molar-refractivity contribution >= 4 is 16.7 Å². The highest BCUT2D eigenvalue weighted by Gasteiger charge is 2.32. The smallest absolute Gasteiger partial charge is 0.0431 e. The molecule has 2 aliphatic carbocycles. The van der Waals surface area contributed by atoms with Crippen molar-refractivity contribution in [2.75, 3.05) is 0 Å². The Morgan fingerprint density at radius 3 is 1.25 bits per heavy atom. The summed E-state index contributed by atoms with van der Waals surface area (Å²) in [5, 5.41) is 0. The maximum atomic E-state index is 4.81. The van der Waals surface area contributed by atoms with E-state index in [-0.39, 0.29) is 7.43 Å². The molecule has 0 saturated carbocycles. The second-order valence-corrected chi connectivity index (χ2v) is 19.5. The molecule has 75 heavy (non-hydrogen) atoms. The Hall–Kier alpha value is -8.86. The largest absolute Gasteiger partial charge is 0.0988 e. The van der Waals surface area contributed by atoms with Crippen LogP contribution in [0.25, 0.3) is 16.7 Å². The SMILES string of the molecule is C.C=C/C(C)=C\C=C\C(=C)CC1=C(c2ccc(C)cc2)/C(C#Cc2ccc(C)cc2)=C(c2ccc(C)cc2)\C(C#Cc2ccc(C)cc2)=C(C2=CCC=C(C)C=C2)/C(C#Cc2ccc(C)cc2)=C\1c1ccc(C)cc1. The zero-order chi connectivity index (χ0) is 52.1. The maximum absolute atomic E-state index is 4.81. The van der Waals surface area contributed by atoms with Gasteiger partial charge in [-0.3, -0.25) is 0 Å². The van der Waals surface area contributed by atoms with Gasteiger partial charge in [-0.15, -0.1) is 0 Å². The van der Waals surface area contributed by atoms with Gasteiger partial charge in [0.1, 0.15) is 0 Å². The van der Waals surface area contributed by atoms with Gasteiger partial charge in [0.25, 0.3) is 0 Å². The van der Waals surface area contributed by atoms with Gasteiger partial charge in [0.2, 0.25) is 0 Å². The Kier molecular flexibility index (Phi) is 18.1. The van der Waals surface area contributed by atoms with Crippen molar-refractivity contribution in [1.29, 1.82) is 0 Å². The summed E-state index contributed by atoms with van der Waals surface area (Å²) in [6.45, 7) is 25.8. The van der Waals surface area contributed by atoms with Crippen LogP contribution < -0.4 is 0 Å². The molecule has 0 fully saturated rings. The lowest BCUT2D eigenvalue weighted by molar-refractivity contribution is 1.21. The fourth-order valence-electron chi connectivity index (χ4n) is 8.90. The lowest BCUT2D eigenvalue weighted by Crippen LogP contribution is -2.12. The molecule has 8 rings (SSSR count). The van der Waals surface area contributed by atoms with E-state index in [4.69, 9.17) is 6.58 Å². The fourth-order valence-corrected chi connectivity index (χ4v) is 8.90. The van der Waals surface area contributed by atoms with E-state index in [9.17, 15) is 0 Å². The van der Waals surface area contributed by atoms with Crippen molar-refractivity contribution in [2.45, 2.75) is 75.7 Å². The second-order valence-electron chi connectivity index (χ2n) is 19.5. The highest BCUT2D eigenvalue weighted by atomic mass is 14.3. The van der Waals surface area contributed by atoms with Gasteiger partial charge in [-0.1, -0.05) is 264 Å². The van der Waals surface area contributed by atoms with Crippen molar-refractivity contribution < 1.29 is 0 Å². The minimum Gasteiger partial charge on any atom is -0.0988 e. The molecule has 0 heterocycles. The van der Waals surface area contributed by atoms with Gasteiger partial charge in [0, 0.05) is 55.7 Å². The van der Waals surface area contributed by atoms with Crippen LogP contribution in [0.3, 0.4) is 0 Å². The van der Waals surface area contributed by atoms with Crippen LogP contribution in [-0.2, 0) is 0 Å². The zero-order valence-corrected chi connectivity index (χ0v) is 44.3. The lowest BCUT2D eigenvalue weighted by Gasteiger charge is -2.29. The number of hydrogen-bond donors (Lipinski definition) is 0. The lowest BCUT2D eigenvalue weighted by atomic mass is 9.73. The first-order chi connectivity index (χ1) is 35.8. The highest BCUT2D eigenvalue weighted by Crippen LogP contribution is 2.49. The molecule has 0 aliphatic heterocycles. The summed E-state index contributed by atoms with van der Waals surface area (Å²) in [4.78, 5) is 0. The van der Waals surface area contributed by atoms with Crippen LogP contribution >= 0.6 is 0 Å². The molecular weight excluding hydrogens is 901 g/mol. The van der Waals surface area contributed by atoms with Crippen LogP contribution in [0.5, 0.6) is 0 Å². The summed E-state index contributed by atoms with van der Waals surface area (Å²) in [7, 11) is 0. The van der Waals surface area contributed by atoms with E-state index in [0.717, 1.165) is 118 Å². The number of aryl methyl sites for hydroxylation is 6. The molecule has 0 bridgehead atoms. The summed E-state index contributed by atoms with van der Waals surface area (Å²) in [6.07, 6.45) is 18.5. The number of allylic oxidation sites excluding steroid dienone is 20. The Morgan fingerprint density at radius 1 is 0.453 bits per heavy atom. The molecule has 368 valence electrons. The molecular formula is C75H68. The predicted octanol–water partition coefficient (Wildman–Crippen LogP) is 18.8. The van der Waals surface area contributed by atoms with E-state index >= 15 is 0 Å². The molecule has 6 aromatic carbocycles. The first-order valence-electron chi connectivity index (χ1n) is 25.5. The van der Waals surface area contributed by atoms with Gasteiger partial charge >= 0.3 is 0 Å². The Balaban J connectivity index is 0.00000820. The van der Waals surface area contributed by atoms with Crippen molar-refractivity contribution in [3.8, 4) is 35.5 Å². The first-order valence-corrected chi connectivity index (χ1v) is 25.5. The van der Waals surface area contributed by atoms with E-state index in [0.29, 0.717) is 6.42 Å². The normalized spacial score (nSPS) is 17.6. The van der Waals surface area contributed by atoms with Crippen molar-refractivity contribution in [1.82, 2.24) is 0 Å². The summed E-state index contributed by atoms with van der Waals surface area (Å²) in [5.41, 5.74) is 24.5. The van der Waals surface area contributed by atoms with Gasteiger partial charge in [-0.25, -0.2) is 0 Å². The summed E-state index contributed by atoms with van der Waals surface area (Å²) in [6, 6.07) is 52.2. The second kappa shape index (κ2) is 25.2. The Bertz CT molecular complexity index is 3610. The standard InChI is InChI=1S/C74H64.CH4/c1-11-51(2)14-12-16-59(10)50-70-73(65-43-27-57(8)28-44-65)68(48-38-61-33-20-54(5)21-34-61)71(63-17-13-15-52(3)24-40-63)67(47-37-60-31-18-53(4)19-32-60)72(64-41-25-56(7)26-42-64)69(49-39-62-35-22-55(6)23-36-62)74(70)66-45-29-58(9)30-46-66;/h11-12,14-36,40-46H,1,10,13,50H2,2-9H3;1H4/b16-12+,51-14-,71-67-,71-68?,72-67?,72-69-,73-68-,73-70?,74-69?,74-70-;. The van der Waals surface area contributed by atoms with Crippen LogP contribution in [-0.4, -0.2) is 0 Å².